The maximum Gasteiger partial charge on any atom is 0.192 e. The summed E-state index contributed by atoms with van der Waals surface area (Å²) in [5, 5.41) is 22.8. The Morgan fingerprint density at radius 1 is 1.08 bits per heavy atom. The summed E-state index contributed by atoms with van der Waals surface area (Å²) in [6.07, 6.45) is 0.466. The van der Waals surface area contributed by atoms with E-state index in [0.29, 0.717) is 16.7 Å². The summed E-state index contributed by atoms with van der Waals surface area (Å²) >= 11 is 0. The van der Waals surface area contributed by atoms with Gasteiger partial charge in [-0.05, 0) is 55.7 Å². The maximum atomic E-state index is 14.3. The van der Waals surface area contributed by atoms with Crippen molar-refractivity contribution < 1.29 is 29.4 Å². The van der Waals surface area contributed by atoms with Gasteiger partial charge in [-0.2, -0.15) is 0 Å². The molecule has 3 aliphatic carbocycles. The molecule has 4 rings (SSSR count). The Labute approximate surface area is 218 Å². The van der Waals surface area contributed by atoms with Gasteiger partial charge < -0.3 is 10.2 Å². The zero-order valence-corrected chi connectivity index (χ0v) is 22.9. The van der Waals surface area contributed by atoms with Crippen LogP contribution in [0.5, 0.6) is 5.75 Å². The Morgan fingerprint density at radius 3 is 2.24 bits per heavy atom. The van der Waals surface area contributed by atoms with E-state index in [0.717, 1.165) is 5.57 Å². The molecule has 0 amide bonds. The van der Waals surface area contributed by atoms with Gasteiger partial charge in [0.15, 0.2) is 23.0 Å². The van der Waals surface area contributed by atoms with Crippen molar-refractivity contribution in [1.29, 1.82) is 0 Å². The Bertz CT molecular complexity index is 1350. The molecule has 2 unspecified atom stereocenters. The number of rotatable bonds is 2. The Morgan fingerprint density at radius 2 is 1.70 bits per heavy atom. The first kappa shape index (κ1) is 27.0. The minimum atomic E-state index is -2.52. The number of hydrogen-bond acceptors (Lipinski definition) is 6. The second kappa shape index (κ2) is 8.49. The number of Topliss-reactive ketones (excluding diaryl/α,β-unsaturated/α-hetero) is 4. The van der Waals surface area contributed by atoms with Gasteiger partial charge >= 0.3 is 0 Å². The molecule has 196 valence electrons. The molecular weight excluding hydrogens is 468 g/mol. The lowest BCUT2D eigenvalue weighted by Gasteiger charge is -2.60. The van der Waals surface area contributed by atoms with Crippen LogP contribution in [0.25, 0.3) is 0 Å². The first-order valence-electron chi connectivity index (χ1n) is 13.0. The first-order chi connectivity index (χ1) is 17.0. The number of benzene rings is 1. The molecule has 1 fully saturated rings. The topological polar surface area (TPSA) is 109 Å². The van der Waals surface area contributed by atoms with Gasteiger partial charge in [-0.15, -0.1) is 0 Å². The van der Waals surface area contributed by atoms with Crippen molar-refractivity contribution in [3.63, 3.8) is 0 Å². The van der Waals surface area contributed by atoms with Gasteiger partial charge in [-0.1, -0.05) is 64.5 Å². The van der Waals surface area contributed by atoms with E-state index in [4.69, 9.17) is 0 Å². The highest BCUT2D eigenvalue weighted by atomic mass is 16.3. The van der Waals surface area contributed by atoms with Crippen LogP contribution < -0.4 is 0 Å². The highest BCUT2D eigenvalue weighted by Crippen LogP contribution is 2.64. The average molecular weight is 505 g/mol. The first-order valence-corrected chi connectivity index (χ1v) is 13.0. The Hall–Kier alpha value is -3.04. The number of aliphatic hydroxyl groups is 1. The number of fused-ring (bicyclic) bond motifs is 3. The molecule has 3 aliphatic rings. The fourth-order valence-corrected chi connectivity index (χ4v) is 7.68. The highest BCUT2D eigenvalue weighted by Gasteiger charge is 2.73. The van der Waals surface area contributed by atoms with E-state index in [2.05, 4.69) is 11.8 Å². The van der Waals surface area contributed by atoms with Gasteiger partial charge in [0, 0.05) is 16.9 Å². The highest BCUT2D eigenvalue weighted by molar-refractivity contribution is 6.27. The van der Waals surface area contributed by atoms with E-state index in [1.807, 2.05) is 34.6 Å². The molecule has 6 nitrogen and oxygen atoms in total. The molecule has 0 aromatic heterocycles. The fourth-order valence-electron chi connectivity index (χ4n) is 7.68. The molecule has 0 heterocycles. The molecule has 1 aromatic rings. The summed E-state index contributed by atoms with van der Waals surface area (Å²) in [6.45, 7) is 14.4. The summed E-state index contributed by atoms with van der Waals surface area (Å²) in [6, 6.07) is 3.09. The monoisotopic (exact) mass is 504 g/mol. The van der Waals surface area contributed by atoms with Crippen molar-refractivity contribution >= 4 is 23.1 Å². The third-order valence-electron chi connectivity index (χ3n) is 8.80. The van der Waals surface area contributed by atoms with Crippen molar-refractivity contribution in [3.8, 4) is 17.6 Å². The van der Waals surface area contributed by atoms with Gasteiger partial charge in [0.05, 0.1) is 11.5 Å². The van der Waals surface area contributed by atoms with Crippen LogP contribution in [0, 0.1) is 46.3 Å². The minimum absolute atomic E-state index is 0.0285. The third-order valence-corrected chi connectivity index (χ3v) is 8.80. The standard InChI is InChI=1S/C31H36O6/c1-15(2)9-10-19-11-12-21(33)23-20(19)13-29(7)14-30(8)24(16(3)4)17(5)22(18(6)32)27(35)31(30,37)28(36)25(29)26(23)34/h11-12,15-16,22,25,33,37H,13-14H2,1-8H3/t22?,25?,29-,30-,31+/m0/s1. The SMILES string of the molecule is CC(=O)C1C(=O)[C@@]2(O)C(=O)C3C(=O)c4c(O)ccc(C#CC(C)C)c4C[C@@]3(C)C[C@@]2(C)C(C(C)C)=C1C. The smallest absolute Gasteiger partial charge is 0.192 e. The van der Waals surface area contributed by atoms with E-state index in [9.17, 15) is 29.4 Å². The quantitative estimate of drug-likeness (QED) is 0.354. The molecule has 0 radical (unpaired) electrons. The molecule has 0 spiro atoms. The molecular formula is C31H36O6. The second-order valence-electron chi connectivity index (χ2n) is 12.3. The number of carbonyl (C=O) groups excluding carboxylic acids is 4. The average Bonchev–Trinajstić information content (AvgIpc) is 2.75. The number of phenolic OH excluding ortho intramolecular Hbond substituents is 1. The normalized spacial score (nSPS) is 33.1. The predicted molar refractivity (Wildman–Crippen MR) is 139 cm³/mol. The van der Waals surface area contributed by atoms with Crippen molar-refractivity contribution in [2.75, 3.05) is 0 Å². The van der Waals surface area contributed by atoms with E-state index >= 15 is 0 Å². The molecule has 0 saturated heterocycles. The molecule has 37 heavy (non-hydrogen) atoms. The van der Waals surface area contributed by atoms with Crippen LogP contribution in [0.15, 0.2) is 23.3 Å². The lowest BCUT2D eigenvalue weighted by atomic mass is 9.41. The number of aromatic hydroxyl groups is 1. The predicted octanol–water partition coefficient (Wildman–Crippen LogP) is 4.23. The minimum Gasteiger partial charge on any atom is -0.507 e. The summed E-state index contributed by atoms with van der Waals surface area (Å²) in [7, 11) is 0. The van der Waals surface area contributed by atoms with Gasteiger partial charge in [-0.25, -0.2) is 0 Å². The summed E-state index contributed by atoms with van der Waals surface area (Å²) in [4.78, 5) is 54.7. The summed E-state index contributed by atoms with van der Waals surface area (Å²) < 4.78 is 0. The van der Waals surface area contributed by atoms with Crippen molar-refractivity contribution in [1.82, 2.24) is 0 Å². The van der Waals surface area contributed by atoms with Crippen molar-refractivity contribution in [2.24, 2.45) is 34.5 Å². The zero-order chi connectivity index (χ0) is 27.8. The second-order valence-corrected chi connectivity index (χ2v) is 12.3. The van der Waals surface area contributed by atoms with E-state index in [1.54, 1.807) is 19.9 Å². The molecule has 1 aromatic carbocycles. The fraction of sp³-hybridized carbons (Fsp3) is 0.548. The van der Waals surface area contributed by atoms with E-state index < -0.39 is 51.4 Å². The van der Waals surface area contributed by atoms with Crippen molar-refractivity contribution in [3.05, 3.63) is 40.0 Å². The number of ketones is 4. The van der Waals surface area contributed by atoms with Crippen LogP contribution in [-0.2, 0) is 20.8 Å². The molecule has 6 heteroatoms. The van der Waals surface area contributed by atoms with Crippen LogP contribution in [-0.4, -0.2) is 38.9 Å². The zero-order valence-electron chi connectivity index (χ0n) is 22.9. The van der Waals surface area contributed by atoms with Crippen LogP contribution in [0.1, 0.15) is 83.3 Å². The Kier molecular flexibility index (Phi) is 6.20. The summed E-state index contributed by atoms with van der Waals surface area (Å²) in [5.41, 5.74) is -2.21. The third kappa shape index (κ3) is 3.50. The van der Waals surface area contributed by atoms with Crippen molar-refractivity contribution in [2.45, 2.75) is 73.8 Å². The summed E-state index contributed by atoms with van der Waals surface area (Å²) in [5.74, 6) is 0.593. The van der Waals surface area contributed by atoms with Crippen LogP contribution in [0.2, 0.25) is 0 Å². The molecule has 5 atom stereocenters. The molecule has 2 N–H and O–H groups in total. The largest absolute Gasteiger partial charge is 0.507 e. The lowest BCUT2D eigenvalue weighted by molar-refractivity contribution is -0.183. The number of allylic oxidation sites excluding steroid dienone is 1. The van der Waals surface area contributed by atoms with Gasteiger partial charge in [-0.3, -0.25) is 19.2 Å². The van der Waals surface area contributed by atoms with Crippen LogP contribution >= 0.6 is 0 Å². The maximum absolute atomic E-state index is 14.3. The van der Waals surface area contributed by atoms with Crippen LogP contribution in [0.4, 0.5) is 0 Å². The molecule has 0 aliphatic heterocycles. The van der Waals surface area contributed by atoms with Crippen LogP contribution in [0.3, 0.4) is 0 Å². The molecule has 0 bridgehead atoms. The Balaban J connectivity index is 2.01. The molecule has 1 saturated carbocycles. The number of hydrogen-bond donors (Lipinski definition) is 2. The number of phenols is 1. The lowest BCUT2D eigenvalue weighted by Crippen LogP contribution is -2.73. The number of carbonyl (C=O) groups is 4. The van der Waals surface area contributed by atoms with Gasteiger partial charge in [0.2, 0.25) is 0 Å². The van der Waals surface area contributed by atoms with Gasteiger partial charge in [0.1, 0.15) is 17.5 Å². The van der Waals surface area contributed by atoms with E-state index in [1.165, 1.54) is 13.0 Å². The van der Waals surface area contributed by atoms with Gasteiger partial charge in [0.25, 0.3) is 0 Å². The van der Waals surface area contributed by atoms with E-state index in [-0.39, 0.29) is 36.0 Å².